The van der Waals surface area contributed by atoms with Crippen LogP contribution in [0.15, 0.2) is 29.6 Å². The van der Waals surface area contributed by atoms with Gasteiger partial charge in [-0.05, 0) is 12.5 Å². The van der Waals surface area contributed by atoms with Crippen molar-refractivity contribution in [1.29, 1.82) is 0 Å². The van der Waals surface area contributed by atoms with E-state index in [0.29, 0.717) is 18.5 Å². The number of nitrogens with zero attached hydrogens (tertiary/aromatic N) is 1. The van der Waals surface area contributed by atoms with Gasteiger partial charge in [-0.25, -0.2) is 8.78 Å². The molecule has 1 aromatic heterocycles. The second-order valence-corrected chi connectivity index (χ2v) is 7.15. The topological polar surface area (TPSA) is 20.3 Å². The van der Waals surface area contributed by atoms with E-state index >= 15 is 0 Å². The summed E-state index contributed by atoms with van der Waals surface area (Å²) in [6, 6.07) is 7.72. The molecule has 2 unspecified atom stereocenters. The zero-order valence-corrected chi connectivity index (χ0v) is 12.4. The maximum Gasteiger partial charge on any atom is 0.259 e. The van der Waals surface area contributed by atoms with Crippen LogP contribution in [0.3, 0.4) is 0 Å². The highest BCUT2D eigenvalue weighted by atomic mass is 32.1. The first-order valence-corrected chi connectivity index (χ1v) is 7.96. The summed E-state index contributed by atoms with van der Waals surface area (Å²) in [5, 5.41) is 2.76. The van der Waals surface area contributed by atoms with E-state index in [2.05, 4.69) is 0 Å². The third-order valence-corrected chi connectivity index (χ3v) is 6.15. The van der Waals surface area contributed by atoms with Gasteiger partial charge in [-0.3, -0.25) is 4.79 Å². The fourth-order valence-corrected chi connectivity index (χ4v) is 4.44. The van der Waals surface area contributed by atoms with Crippen LogP contribution in [0.25, 0.3) is 10.1 Å². The van der Waals surface area contributed by atoms with E-state index in [1.54, 1.807) is 11.8 Å². The number of carbonyl (C=O) groups excluding carboxylic acids is 1. The molecule has 2 nitrogen and oxygen atoms in total. The number of thiophene rings is 1. The van der Waals surface area contributed by atoms with Gasteiger partial charge in [-0.15, -0.1) is 11.3 Å². The Morgan fingerprint density at radius 1 is 1.38 bits per heavy atom. The number of hydrogen-bond acceptors (Lipinski definition) is 2. The van der Waals surface area contributed by atoms with Crippen molar-refractivity contribution in [2.24, 2.45) is 11.3 Å². The lowest BCUT2D eigenvalue weighted by Crippen LogP contribution is -2.38. The second-order valence-electron chi connectivity index (χ2n) is 6.24. The number of amides is 1. The largest absolute Gasteiger partial charge is 0.338 e. The first-order chi connectivity index (χ1) is 9.95. The summed E-state index contributed by atoms with van der Waals surface area (Å²) in [7, 11) is 0. The summed E-state index contributed by atoms with van der Waals surface area (Å²) in [4.78, 5) is 14.2. The van der Waals surface area contributed by atoms with Gasteiger partial charge in [0.1, 0.15) is 0 Å². The molecule has 1 saturated carbocycles. The lowest BCUT2D eigenvalue weighted by molar-refractivity contribution is 0.0635. The average Bonchev–Trinajstić information content (AvgIpc) is 2.79. The van der Waals surface area contributed by atoms with E-state index < -0.39 is 17.3 Å². The molecule has 1 aromatic carbocycles. The van der Waals surface area contributed by atoms with E-state index in [4.69, 9.17) is 0 Å². The third kappa shape index (κ3) is 1.64. The van der Waals surface area contributed by atoms with Crippen molar-refractivity contribution in [3.8, 4) is 0 Å². The fourth-order valence-electron chi connectivity index (χ4n) is 3.51. The van der Waals surface area contributed by atoms with Crippen molar-refractivity contribution in [1.82, 2.24) is 4.90 Å². The third-order valence-electron chi connectivity index (χ3n) is 5.19. The van der Waals surface area contributed by atoms with Gasteiger partial charge in [0, 0.05) is 34.0 Å². The van der Waals surface area contributed by atoms with E-state index in [0.717, 1.165) is 10.1 Å². The monoisotopic (exact) mass is 307 g/mol. The first kappa shape index (κ1) is 13.2. The molecule has 110 valence electrons. The van der Waals surface area contributed by atoms with Gasteiger partial charge in [-0.2, -0.15) is 0 Å². The summed E-state index contributed by atoms with van der Waals surface area (Å²) in [5.41, 5.74) is -0.247. The molecule has 4 rings (SSSR count). The molecule has 2 aliphatic rings. The van der Waals surface area contributed by atoms with Crippen molar-refractivity contribution in [2.75, 3.05) is 13.1 Å². The Morgan fingerprint density at radius 2 is 2.14 bits per heavy atom. The molecule has 1 amide bonds. The van der Waals surface area contributed by atoms with Crippen LogP contribution in [-0.4, -0.2) is 29.8 Å². The van der Waals surface area contributed by atoms with E-state index in [9.17, 15) is 13.6 Å². The molecule has 2 fully saturated rings. The molecule has 1 aliphatic heterocycles. The molecule has 2 atom stereocenters. The number of likely N-dealkylation sites (tertiary alicyclic amines) is 1. The second kappa shape index (κ2) is 4.03. The van der Waals surface area contributed by atoms with Gasteiger partial charge in [-0.1, -0.05) is 25.1 Å². The van der Waals surface area contributed by atoms with Gasteiger partial charge < -0.3 is 4.90 Å². The van der Waals surface area contributed by atoms with Crippen molar-refractivity contribution in [3.63, 3.8) is 0 Å². The molecule has 0 bridgehead atoms. The van der Waals surface area contributed by atoms with E-state index in [1.165, 1.54) is 11.3 Å². The lowest BCUT2D eigenvalue weighted by Gasteiger charge is -2.28. The zero-order chi connectivity index (χ0) is 14.8. The summed E-state index contributed by atoms with van der Waals surface area (Å²) in [6.45, 7) is 2.23. The number of halogens is 2. The Hall–Kier alpha value is -1.49. The number of carbonyl (C=O) groups is 1. The first-order valence-electron chi connectivity index (χ1n) is 7.08. The Labute approximate surface area is 125 Å². The number of benzene rings is 1. The normalized spacial score (nSPS) is 30.2. The molecular weight excluding hydrogens is 292 g/mol. The van der Waals surface area contributed by atoms with E-state index in [1.807, 2.05) is 29.6 Å². The fraction of sp³-hybridized carbons (Fsp3) is 0.438. The van der Waals surface area contributed by atoms with Gasteiger partial charge in [0.25, 0.3) is 11.8 Å². The van der Waals surface area contributed by atoms with Gasteiger partial charge in [0.15, 0.2) is 0 Å². The smallest absolute Gasteiger partial charge is 0.259 e. The van der Waals surface area contributed by atoms with Crippen LogP contribution < -0.4 is 0 Å². The number of hydrogen-bond donors (Lipinski definition) is 0. The van der Waals surface area contributed by atoms with Gasteiger partial charge in [0.2, 0.25) is 0 Å². The SMILES string of the molecule is CC12CCN(C(=O)c3csc4ccccc34)CC1C2(F)F. The molecule has 0 spiro atoms. The summed E-state index contributed by atoms with van der Waals surface area (Å²) in [6.07, 6.45) is 0.387. The quantitative estimate of drug-likeness (QED) is 0.779. The van der Waals surface area contributed by atoms with Gasteiger partial charge in [0.05, 0.1) is 11.5 Å². The molecule has 5 heteroatoms. The van der Waals surface area contributed by atoms with Crippen LogP contribution in [0.4, 0.5) is 8.78 Å². The van der Waals surface area contributed by atoms with Crippen molar-refractivity contribution >= 4 is 27.3 Å². The van der Waals surface area contributed by atoms with Crippen LogP contribution in [-0.2, 0) is 0 Å². The molecule has 2 heterocycles. The van der Waals surface area contributed by atoms with Crippen molar-refractivity contribution in [3.05, 3.63) is 35.2 Å². The Kier molecular flexibility index (Phi) is 2.53. The molecular formula is C16H15F2NOS. The summed E-state index contributed by atoms with van der Waals surface area (Å²) in [5.74, 6) is -3.40. The Bertz CT molecular complexity index is 741. The van der Waals surface area contributed by atoms with Crippen LogP contribution in [0.2, 0.25) is 0 Å². The summed E-state index contributed by atoms with van der Waals surface area (Å²) >= 11 is 1.52. The maximum atomic E-state index is 13.8. The minimum Gasteiger partial charge on any atom is -0.338 e. The highest BCUT2D eigenvalue weighted by Gasteiger charge is 2.78. The van der Waals surface area contributed by atoms with E-state index in [-0.39, 0.29) is 12.5 Å². The summed E-state index contributed by atoms with van der Waals surface area (Å²) < 4.78 is 28.6. The zero-order valence-electron chi connectivity index (χ0n) is 11.6. The Balaban J connectivity index is 1.62. The highest BCUT2D eigenvalue weighted by molar-refractivity contribution is 7.17. The lowest BCUT2D eigenvalue weighted by atomic mass is 9.97. The van der Waals surface area contributed by atoms with Crippen molar-refractivity contribution < 1.29 is 13.6 Å². The average molecular weight is 307 g/mol. The van der Waals surface area contributed by atoms with Crippen molar-refractivity contribution in [2.45, 2.75) is 19.3 Å². The Morgan fingerprint density at radius 3 is 2.90 bits per heavy atom. The molecule has 1 aliphatic carbocycles. The van der Waals surface area contributed by atoms with Crippen LogP contribution in [0.1, 0.15) is 23.7 Å². The maximum absolute atomic E-state index is 13.8. The molecule has 2 aromatic rings. The number of piperidine rings is 1. The molecule has 0 N–H and O–H groups in total. The van der Waals surface area contributed by atoms with Crippen LogP contribution in [0, 0.1) is 11.3 Å². The predicted molar refractivity (Wildman–Crippen MR) is 78.9 cm³/mol. The van der Waals surface area contributed by atoms with Crippen LogP contribution >= 0.6 is 11.3 Å². The van der Waals surface area contributed by atoms with Crippen LogP contribution in [0.5, 0.6) is 0 Å². The highest BCUT2D eigenvalue weighted by Crippen LogP contribution is 2.69. The molecule has 1 saturated heterocycles. The standard InChI is InChI=1S/C16H15F2NOS/c1-15-6-7-19(8-13(15)16(15,17)18)14(20)11-9-21-12-5-3-2-4-10(11)12/h2-5,9,13H,6-8H2,1H3. The minimum atomic E-state index is -2.61. The molecule has 21 heavy (non-hydrogen) atoms. The minimum absolute atomic E-state index is 0.114. The number of alkyl halides is 2. The predicted octanol–water partition coefficient (Wildman–Crippen LogP) is 4.02. The molecule has 0 radical (unpaired) electrons. The van der Waals surface area contributed by atoms with Gasteiger partial charge >= 0.3 is 0 Å². The number of fused-ring (bicyclic) bond motifs is 2. The number of rotatable bonds is 1.